The molecule has 4 N–H and O–H groups in total. The van der Waals surface area contributed by atoms with E-state index in [1.807, 2.05) is 0 Å². The molecule has 7 heteroatoms. The predicted octanol–water partition coefficient (Wildman–Crippen LogP) is -1.68. The topological polar surface area (TPSA) is 99.8 Å². The number of rotatable bonds is 1. The summed E-state index contributed by atoms with van der Waals surface area (Å²) in [5, 5.41) is 2.26. The summed E-state index contributed by atoms with van der Waals surface area (Å²) >= 11 is 0. The Hall–Kier alpha value is -1.63. The molecule has 1 aliphatic carbocycles. The number of amides is 2. The van der Waals surface area contributed by atoms with Crippen LogP contribution in [-0.4, -0.2) is 41.3 Å². The zero-order chi connectivity index (χ0) is 11.7. The minimum Gasteiger partial charge on any atom is -0.321 e. The highest BCUT2D eigenvalue weighted by atomic mass is 16.2. The van der Waals surface area contributed by atoms with Gasteiger partial charge in [0, 0.05) is 0 Å². The van der Waals surface area contributed by atoms with Crippen molar-refractivity contribution in [3.05, 3.63) is 0 Å². The molecule has 2 rings (SSSR count). The molecule has 2 amide bonds. The molecule has 0 spiro atoms. The van der Waals surface area contributed by atoms with Crippen molar-refractivity contribution in [1.82, 2.24) is 15.6 Å². The molecule has 1 atom stereocenters. The molecule has 7 nitrogen and oxygen atoms in total. The lowest BCUT2D eigenvalue weighted by Crippen LogP contribution is -2.61. The Morgan fingerprint density at radius 3 is 2.81 bits per heavy atom. The predicted molar refractivity (Wildman–Crippen MR) is 57.1 cm³/mol. The zero-order valence-electron chi connectivity index (χ0n) is 9.06. The maximum atomic E-state index is 11.4. The van der Waals surface area contributed by atoms with E-state index in [1.165, 1.54) is 0 Å². The van der Waals surface area contributed by atoms with Gasteiger partial charge in [-0.15, -0.1) is 0 Å². The number of hydrogen-bond acceptors (Lipinski definition) is 4. The van der Waals surface area contributed by atoms with Crippen LogP contribution in [0.25, 0.3) is 0 Å². The van der Waals surface area contributed by atoms with Gasteiger partial charge in [-0.1, -0.05) is 0 Å². The normalized spacial score (nSPS) is 26.8. The largest absolute Gasteiger partial charge is 0.321 e. The van der Waals surface area contributed by atoms with Crippen LogP contribution < -0.4 is 16.6 Å². The van der Waals surface area contributed by atoms with Crippen molar-refractivity contribution in [2.45, 2.75) is 31.8 Å². The first-order valence-corrected chi connectivity index (χ1v) is 5.26. The van der Waals surface area contributed by atoms with Gasteiger partial charge in [-0.05, 0) is 19.8 Å². The maximum absolute atomic E-state index is 11.4. The number of imide groups is 1. The Bertz CT molecular complexity index is 350. The first kappa shape index (κ1) is 10.9. The van der Waals surface area contributed by atoms with E-state index in [9.17, 15) is 9.59 Å². The van der Waals surface area contributed by atoms with E-state index >= 15 is 0 Å². The quantitative estimate of drug-likeness (QED) is 0.163. The molecule has 0 aromatic carbocycles. The van der Waals surface area contributed by atoms with Crippen molar-refractivity contribution in [1.29, 1.82) is 0 Å². The molecule has 0 radical (unpaired) electrons. The third-order valence-corrected chi connectivity index (χ3v) is 2.68. The van der Waals surface area contributed by atoms with Crippen LogP contribution in [0.4, 0.5) is 0 Å². The summed E-state index contributed by atoms with van der Waals surface area (Å²) in [7, 11) is 0. The standard InChI is InChI=1S/C9H15N5O2/c1-5-8(16)12-7(15)4-14(5)9(13-10)11-6-2-3-6/h5-6H,2-4,10H2,1H3,(H,11,13)(H,12,15,16). The Balaban J connectivity index is 2.15. The van der Waals surface area contributed by atoms with Crippen LogP contribution in [-0.2, 0) is 9.59 Å². The van der Waals surface area contributed by atoms with E-state index in [0.717, 1.165) is 12.8 Å². The van der Waals surface area contributed by atoms with Gasteiger partial charge in [0.1, 0.15) is 12.6 Å². The van der Waals surface area contributed by atoms with Gasteiger partial charge in [-0.2, -0.15) is 0 Å². The van der Waals surface area contributed by atoms with Gasteiger partial charge in [0.15, 0.2) is 0 Å². The van der Waals surface area contributed by atoms with E-state index in [2.05, 4.69) is 15.7 Å². The fourth-order valence-electron chi connectivity index (χ4n) is 1.54. The number of carbonyl (C=O) groups excluding carboxylic acids is 2. The monoisotopic (exact) mass is 225 g/mol. The minimum absolute atomic E-state index is 0.0999. The summed E-state index contributed by atoms with van der Waals surface area (Å²) in [4.78, 5) is 28.6. The summed E-state index contributed by atoms with van der Waals surface area (Å²) in [5.74, 6) is 5.13. The van der Waals surface area contributed by atoms with Gasteiger partial charge in [0.25, 0.3) is 0 Å². The van der Waals surface area contributed by atoms with Gasteiger partial charge in [-0.3, -0.25) is 20.3 Å². The Morgan fingerprint density at radius 1 is 1.56 bits per heavy atom. The molecule has 1 aliphatic heterocycles. The molecule has 16 heavy (non-hydrogen) atoms. The van der Waals surface area contributed by atoms with Gasteiger partial charge in [0.2, 0.25) is 17.8 Å². The Labute approximate surface area is 93.0 Å². The average Bonchev–Trinajstić information content (AvgIpc) is 3.04. The molecule has 2 fully saturated rings. The summed E-state index contributed by atoms with van der Waals surface area (Å²) in [5.41, 5.74) is 2.46. The van der Waals surface area contributed by atoms with Crippen LogP contribution in [0.15, 0.2) is 4.99 Å². The third kappa shape index (κ3) is 2.13. The lowest BCUT2D eigenvalue weighted by Gasteiger charge is -2.33. The van der Waals surface area contributed by atoms with Crippen molar-refractivity contribution in [2.24, 2.45) is 10.8 Å². The molecule has 0 aromatic rings. The van der Waals surface area contributed by atoms with Crippen molar-refractivity contribution in [3.63, 3.8) is 0 Å². The number of nitrogens with two attached hydrogens (primary N) is 1. The molecule has 1 saturated heterocycles. The molecule has 0 bridgehead atoms. The van der Waals surface area contributed by atoms with E-state index in [1.54, 1.807) is 11.8 Å². The van der Waals surface area contributed by atoms with Crippen LogP contribution in [0.1, 0.15) is 19.8 Å². The lowest BCUT2D eigenvalue weighted by molar-refractivity contribution is -0.137. The SMILES string of the molecule is CC1C(=O)NC(=O)CN1C(=NC1CC1)NN. The number of nitrogens with one attached hydrogen (secondary N) is 2. The highest BCUT2D eigenvalue weighted by Gasteiger charge is 2.33. The molecular weight excluding hydrogens is 210 g/mol. The van der Waals surface area contributed by atoms with E-state index in [0.29, 0.717) is 5.96 Å². The number of aliphatic imine (C=N–C) groups is 1. The van der Waals surface area contributed by atoms with Crippen LogP contribution >= 0.6 is 0 Å². The zero-order valence-corrected chi connectivity index (χ0v) is 9.06. The smallest absolute Gasteiger partial charge is 0.249 e. The van der Waals surface area contributed by atoms with E-state index in [-0.39, 0.29) is 24.4 Å². The number of nitrogens with zero attached hydrogens (tertiary/aromatic N) is 2. The van der Waals surface area contributed by atoms with Crippen LogP contribution in [0, 0.1) is 0 Å². The molecule has 1 heterocycles. The number of piperazine rings is 1. The number of hydrogen-bond donors (Lipinski definition) is 3. The number of hydrazine groups is 1. The second-order valence-corrected chi connectivity index (χ2v) is 4.04. The fraction of sp³-hybridized carbons (Fsp3) is 0.667. The van der Waals surface area contributed by atoms with Crippen molar-refractivity contribution in [3.8, 4) is 0 Å². The summed E-state index contributed by atoms with van der Waals surface area (Å²) < 4.78 is 0. The molecule has 1 saturated carbocycles. The van der Waals surface area contributed by atoms with Crippen molar-refractivity contribution >= 4 is 17.8 Å². The molecular formula is C9H15N5O2. The summed E-state index contributed by atoms with van der Waals surface area (Å²) in [6, 6.07) is -0.162. The van der Waals surface area contributed by atoms with Crippen LogP contribution in [0.5, 0.6) is 0 Å². The van der Waals surface area contributed by atoms with Crippen molar-refractivity contribution in [2.75, 3.05) is 6.54 Å². The van der Waals surface area contributed by atoms with Gasteiger partial charge in [0.05, 0.1) is 6.04 Å². The highest BCUT2D eigenvalue weighted by molar-refractivity contribution is 6.04. The Kier molecular flexibility index (Phi) is 2.78. The third-order valence-electron chi connectivity index (χ3n) is 2.68. The van der Waals surface area contributed by atoms with Crippen LogP contribution in [0.3, 0.4) is 0 Å². The molecule has 0 aromatic heterocycles. The number of guanidine groups is 1. The Morgan fingerprint density at radius 2 is 2.25 bits per heavy atom. The summed E-state index contributed by atoms with van der Waals surface area (Å²) in [6.45, 7) is 1.81. The van der Waals surface area contributed by atoms with Crippen molar-refractivity contribution < 1.29 is 9.59 Å². The highest BCUT2D eigenvalue weighted by Crippen LogP contribution is 2.24. The van der Waals surface area contributed by atoms with Gasteiger partial charge < -0.3 is 4.90 Å². The lowest BCUT2D eigenvalue weighted by atomic mass is 10.2. The second-order valence-electron chi connectivity index (χ2n) is 4.04. The first-order chi connectivity index (χ1) is 7.61. The summed E-state index contributed by atoms with van der Waals surface area (Å²) in [6.07, 6.45) is 2.07. The second kappa shape index (κ2) is 4.09. The molecule has 2 aliphatic rings. The molecule has 1 unspecified atom stereocenters. The first-order valence-electron chi connectivity index (χ1n) is 5.26. The van der Waals surface area contributed by atoms with E-state index < -0.39 is 6.04 Å². The van der Waals surface area contributed by atoms with Gasteiger partial charge in [-0.25, -0.2) is 10.8 Å². The van der Waals surface area contributed by atoms with Crippen LogP contribution in [0.2, 0.25) is 0 Å². The van der Waals surface area contributed by atoms with E-state index in [4.69, 9.17) is 5.84 Å². The minimum atomic E-state index is -0.439. The number of carbonyl (C=O) groups is 2. The fourth-order valence-corrected chi connectivity index (χ4v) is 1.54. The maximum Gasteiger partial charge on any atom is 0.249 e. The van der Waals surface area contributed by atoms with Gasteiger partial charge >= 0.3 is 0 Å². The average molecular weight is 225 g/mol. The molecule has 88 valence electrons.